The maximum atomic E-state index is 12.5. The van der Waals surface area contributed by atoms with E-state index in [0.717, 1.165) is 51.4 Å². The standard InChI is InChI=1S/C66H129NO5/c1-3-5-7-9-11-13-15-17-19-21-23-24-25-26-27-28-30-34-38-42-46-50-54-58-64(69)63(62-68)67-65(70)59-55-51-47-43-39-35-32-33-37-41-45-49-53-57-61-72-66(71)60-56-52-48-44-40-36-31-29-22-20-18-16-14-12-10-8-6-4-2/h20,22,63-64,68-69H,3-19,21,23-62H2,1-2H3,(H,67,70)/b22-20-. The van der Waals surface area contributed by atoms with Crippen molar-refractivity contribution in [2.45, 2.75) is 386 Å². The van der Waals surface area contributed by atoms with E-state index in [1.807, 2.05) is 0 Å². The van der Waals surface area contributed by atoms with E-state index in [1.54, 1.807) is 0 Å². The molecule has 0 aliphatic rings. The number of esters is 1. The summed E-state index contributed by atoms with van der Waals surface area (Å²) in [4.78, 5) is 24.6. The van der Waals surface area contributed by atoms with Gasteiger partial charge in [-0.3, -0.25) is 9.59 Å². The minimum atomic E-state index is -0.672. The highest BCUT2D eigenvalue weighted by molar-refractivity contribution is 5.76. The van der Waals surface area contributed by atoms with Gasteiger partial charge in [0.25, 0.3) is 0 Å². The molecule has 0 aromatic carbocycles. The Labute approximate surface area is 450 Å². The molecule has 2 atom stereocenters. The summed E-state index contributed by atoms with van der Waals surface area (Å²) in [6, 6.07) is -0.550. The van der Waals surface area contributed by atoms with Crippen LogP contribution in [0.2, 0.25) is 0 Å². The van der Waals surface area contributed by atoms with Crippen LogP contribution in [0.25, 0.3) is 0 Å². The van der Waals surface area contributed by atoms with Crippen molar-refractivity contribution >= 4 is 11.9 Å². The van der Waals surface area contributed by atoms with Gasteiger partial charge in [0.05, 0.1) is 25.4 Å². The van der Waals surface area contributed by atoms with Crippen molar-refractivity contribution in [1.29, 1.82) is 0 Å². The van der Waals surface area contributed by atoms with Crippen molar-refractivity contribution in [3.8, 4) is 0 Å². The maximum Gasteiger partial charge on any atom is 0.305 e. The molecular formula is C66H129NO5. The van der Waals surface area contributed by atoms with Crippen molar-refractivity contribution < 1.29 is 24.5 Å². The predicted octanol–water partition coefficient (Wildman–Crippen LogP) is 20.8. The fourth-order valence-electron chi connectivity index (χ4n) is 10.5. The Balaban J connectivity index is 3.42. The van der Waals surface area contributed by atoms with Gasteiger partial charge >= 0.3 is 5.97 Å². The second-order valence-corrected chi connectivity index (χ2v) is 22.8. The Kier molecular flexibility index (Phi) is 60.9. The summed E-state index contributed by atoms with van der Waals surface area (Å²) in [5, 5.41) is 23.4. The number of carbonyl (C=O) groups excluding carboxylic acids is 2. The third-order valence-electron chi connectivity index (χ3n) is 15.6. The molecule has 2 unspecified atom stereocenters. The van der Waals surface area contributed by atoms with E-state index < -0.39 is 12.1 Å². The number of aliphatic hydroxyl groups excluding tert-OH is 2. The summed E-state index contributed by atoms with van der Waals surface area (Å²) in [6.07, 6.45) is 75.1. The number of ether oxygens (including phenoxy) is 1. The molecule has 0 rings (SSSR count). The number of allylic oxidation sites excluding steroid dienone is 2. The number of hydrogen-bond donors (Lipinski definition) is 3. The highest BCUT2D eigenvalue weighted by Gasteiger charge is 2.20. The Hall–Kier alpha value is -1.40. The van der Waals surface area contributed by atoms with Crippen LogP contribution in [0.5, 0.6) is 0 Å². The molecule has 0 aromatic rings. The van der Waals surface area contributed by atoms with Crippen LogP contribution >= 0.6 is 0 Å². The molecular weight excluding hydrogens is 887 g/mol. The van der Waals surface area contributed by atoms with E-state index in [0.29, 0.717) is 25.9 Å². The molecule has 0 saturated carbocycles. The van der Waals surface area contributed by atoms with Crippen molar-refractivity contribution in [2.75, 3.05) is 13.2 Å². The van der Waals surface area contributed by atoms with Gasteiger partial charge in [0.15, 0.2) is 0 Å². The summed E-state index contributed by atoms with van der Waals surface area (Å²) in [7, 11) is 0. The first-order chi connectivity index (χ1) is 35.5. The molecule has 6 nitrogen and oxygen atoms in total. The van der Waals surface area contributed by atoms with Gasteiger partial charge in [-0.2, -0.15) is 0 Å². The third-order valence-corrected chi connectivity index (χ3v) is 15.6. The van der Waals surface area contributed by atoms with Crippen molar-refractivity contribution in [1.82, 2.24) is 5.32 Å². The van der Waals surface area contributed by atoms with E-state index in [9.17, 15) is 19.8 Å². The molecule has 72 heavy (non-hydrogen) atoms. The van der Waals surface area contributed by atoms with Gasteiger partial charge < -0.3 is 20.3 Å². The number of carbonyl (C=O) groups is 2. The van der Waals surface area contributed by atoms with E-state index >= 15 is 0 Å². The third kappa shape index (κ3) is 57.9. The van der Waals surface area contributed by atoms with Crippen LogP contribution in [0.3, 0.4) is 0 Å². The molecule has 0 saturated heterocycles. The number of rotatable bonds is 62. The highest BCUT2D eigenvalue weighted by atomic mass is 16.5. The average molecular weight is 1020 g/mol. The summed E-state index contributed by atoms with van der Waals surface area (Å²) in [6.45, 7) is 4.96. The molecule has 0 aromatic heterocycles. The molecule has 0 spiro atoms. The second-order valence-electron chi connectivity index (χ2n) is 22.8. The van der Waals surface area contributed by atoms with E-state index in [-0.39, 0.29) is 18.5 Å². The lowest BCUT2D eigenvalue weighted by Crippen LogP contribution is -2.45. The lowest BCUT2D eigenvalue weighted by molar-refractivity contribution is -0.143. The Morgan fingerprint density at radius 3 is 0.986 bits per heavy atom. The van der Waals surface area contributed by atoms with Crippen LogP contribution in [-0.2, 0) is 14.3 Å². The Bertz CT molecular complexity index is 1080. The van der Waals surface area contributed by atoms with Gasteiger partial charge in [0.1, 0.15) is 0 Å². The van der Waals surface area contributed by atoms with Crippen molar-refractivity contribution in [3.05, 3.63) is 12.2 Å². The van der Waals surface area contributed by atoms with Gasteiger partial charge in [-0.25, -0.2) is 0 Å². The van der Waals surface area contributed by atoms with Crippen LogP contribution in [0.4, 0.5) is 0 Å². The van der Waals surface area contributed by atoms with Crippen LogP contribution in [-0.4, -0.2) is 47.4 Å². The van der Waals surface area contributed by atoms with Gasteiger partial charge in [-0.1, -0.05) is 321 Å². The molecule has 0 radical (unpaired) electrons. The minimum Gasteiger partial charge on any atom is -0.466 e. The summed E-state index contributed by atoms with van der Waals surface area (Å²) < 4.78 is 5.49. The monoisotopic (exact) mass is 1020 g/mol. The van der Waals surface area contributed by atoms with Crippen LogP contribution in [0, 0.1) is 0 Å². The van der Waals surface area contributed by atoms with E-state index in [2.05, 4.69) is 31.3 Å². The average Bonchev–Trinajstić information content (AvgIpc) is 3.38. The first-order valence-electron chi connectivity index (χ1n) is 32.9. The lowest BCUT2D eigenvalue weighted by atomic mass is 10.0. The van der Waals surface area contributed by atoms with Gasteiger partial charge in [0, 0.05) is 12.8 Å². The molecule has 0 bridgehead atoms. The zero-order valence-electron chi connectivity index (χ0n) is 48.9. The zero-order chi connectivity index (χ0) is 52.2. The van der Waals surface area contributed by atoms with E-state index in [4.69, 9.17) is 4.74 Å². The fraction of sp³-hybridized carbons (Fsp3) is 0.939. The zero-order valence-corrected chi connectivity index (χ0v) is 48.9. The Morgan fingerprint density at radius 2 is 0.653 bits per heavy atom. The molecule has 1 amide bonds. The molecule has 0 aliphatic heterocycles. The quantitative estimate of drug-likeness (QED) is 0.0320. The van der Waals surface area contributed by atoms with Gasteiger partial charge in [0.2, 0.25) is 5.91 Å². The van der Waals surface area contributed by atoms with Gasteiger partial charge in [-0.15, -0.1) is 0 Å². The second kappa shape index (κ2) is 62.1. The predicted molar refractivity (Wildman–Crippen MR) is 315 cm³/mol. The largest absolute Gasteiger partial charge is 0.466 e. The summed E-state index contributed by atoms with van der Waals surface area (Å²) in [5.41, 5.74) is 0. The first-order valence-corrected chi connectivity index (χ1v) is 32.9. The number of nitrogens with one attached hydrogen (secondary N) is 1. The molecule has 0 heterocycles. The van der Waals surface area contributed by atoms with Crippen LogP contribution < -0.4 is 5.32 Å². The number of amides is 1. The molecule has 6 heteroatoms. The molecule has 0 aliphatic carbocycles. The summed E-state index contributed by atoms with van der Waals surface area (Å²) in [5.74, 6) is -0.0444. The lowest BCUT2D eigenvalue weighted by Gasteiger charge is -2.22. The van der Waals surface area contributed by atoms with Crippen molar-refractivity contribution in [3.63, 3.8) is 0 Å². The normalized spacial score (nSPS) is 12.6. The maximum absolute atomic E-state index is 12.5. The first kappa shape index (κ1) is 70.6. The molecule has 0 fully saturated rings. The van der Waals surface area contributed by atoms with E-state index in [1.165, 1.54) is 289 Å². The Morgan fingerprint density at radius 1 is 0.375 bits per heavy atom. The smallest absolute Gasteiger partial charge is 0.305 e. The van der Waals surface area contributed by atoms with Crippen LogP contribution in [0.15, 0.2) is 12.2 Å². The summed E-state index contributed by atoms with van der Waals surface area (Å²) >= 11 is 0. The molecule has 428 valence electrons. The molecule has 3 N–H and O–H groups in total. The van der Waals surface area contributed by atoms with Crippen LogP contribution in [0.1, 0.15) is 373 Å². The van der Waals surface area contributed by atoms with Gasteiger partial charge in [-0.05, 0) is 51.4 Å². The topological polar surface area (TPSA) is 95.9 Å². The number of aliphatic hydroxyl groups is 2. The fourth-order valence-corrected chi connectivity index (χ4v) is 10.5. The number of unbranched alkanes of at least 4 members (excludes halogenated alkanes) is 49. The minimum absolute atomic E-state index is 0.00352. The highest BCUT2D eigenvalue weighted by Crippen LogP contribution is 2.19. The SMILES string of the molecule is CCCCCCCCC/C=C\CCCCCCCCCC(=O)OCCCCCCCCCCCCCCCCC(=O)NC(CO)C(O)CCCCCCCCCCCCCCCCCCCCCCCCC. The number of hydrogen-bond acceptors (Lipinski definition) is 5. The van der Waals surface area contributed by atoms with Crippen molar-refractivity contribution in [2.24, 2.45) is 0 Å².